The quantitative estimate of drug-likeness (QED) is 0.751. The number of nitrogens with zero attached hydrogens (tertiary/aromatic N) is 1. The third kappa shape index (κ3) is 2.98. The van der Waals surface area contributed by atoms with E-state index in [2.05, 4.69) is 31.0 Å². The van der Waals surface area contributed by atoms with Crippen molar-refractivity contribution >= 4 is 17.8 Å². The molecular formula is C12H18N2O. The Morgan fingerprint density at radius 2 is 1.93 bits per heavy atom. The Labute approximate surface area is 91.1 Å². The van der Waals surface area contributed by atoms with Crippen LogP contribution in [0.25, 0.3) is 0 Å². The van der Waals surface area contributed by atoms with E-state index in [9.17, 15) is 4.79 Å². The van der Waals surface area contributed by atoms with Crippen LogP contribution in [0.15, 0.2) is 24.3 Å². The maximum absolute atomic E-state index is 10.2. The van der Waals surface area contributed by atoms with Gasteiger partial charge in [-0.2, -0.15) is 0 Å². The molecule has 0 saturated carbocycles. The number of carbonyl (C=O) groups is 1. The lowest BCUT2D eigenvalue weighted by Gasteiger charge is -2.27. The Morgan fingerprint density at radius 1 is 1.33 bits per heavy atom. The Morgan fingerprint density at radius 3 is 2.33 bits per heavy atom. The summed E-state index contributed by atoms with van der Waals surface area (Å²) >= 11 is 0. The molecule has 3 heteroatoms. The van der Waals surface area contributed by atoms with E-state index in [1.165, 1.54) is 5.69 Å². The van der Waals surface area contributed by atoms with Crippen molar-refractivity contribution in [2.45, 2.75) is 26.8 Å². The molecule has 0 atom stereocenters. The summed E-state index contributed by atoms with van der Waals surface area (Å²) in [6.07, 6.45) is 0.690. The predicted molar refractivity (Wildman–Crippen MR) is 64.3 cm³/mol. The number of hydrogen-bond donors (Lipinski definition) is 1. The average Bonchev–Trinajstić information content (AvgIpc) is 2.21. The number of anilines is 2. The van der Waals surface area contributed by atoms with Crippen LogP contribution in [0, 0.1) is 0 Å². The van der Waals surface area contributed by atoms with Crippen molar-refractivity contribution in [3.63, 3.8) is 0 Å². The van der Waals surface area contributed by atoms with Crippen molar-refractivity contribution in [3.05, 3.63) is 24.3 Å². The van der Waals surface area contributed by atoms with Gasteiger partial charge < -0.3 is 10.2 Å². The van der Waals surface area contributed by atoms with E-state index < -0.39 is 0 Å². The van der Waals surface area contributed by atoms with E-state index in [0.29, 0.717) is 12.5 Å². The van der Waals surface area contributed by atoms with E-state index in [1.54, 1.807) is 0 Å². The SMILES string of the molecule is CCN(c1ccc(NC=O)cc1)C(C)C. The molecule has 0 spiro atoms. The monoisotopic (exact) mass is 206 g/mol. The number of rotatable bonds is 5. The lowest BCUT2D eigenvalue weighted by molar-refractivity contribution is -0.105. The summed E-state index contributed by atoms with van der Waals surface area (Å²) in [5.41, 5.74) is 2.01. The molecule has 0 aliphatic carbocycles. The molecular weight excluding hydrogens is 188 g/mol. The minimum Gasteiger partial charge on any atom is -0.369 e. The van der Waals surface area contributed by atoms with Gasteiger partial charge in [-0.15, -0.1) is 0 Å². The highest BCUT2D eigenvalue weighted by atomic mass is 16.1. The molecule has 0 fully saturated rings. The molecule has 0 heterocycles. The maximum atomic E-state index is 10.2. The molecule has 0 radical (unpaired) electrons. The van der Waals surface area contributed by atoms with Crippen LogP contribution in [-0.2, 0) is 4.79 Å². The van der Waals surface area contributed by atoms with Crippen LogP contribution < -0.4 is 10.2 Å². The summed E-state index contributed by atoms with van der Waals surface area (Å²) in [7, 11) is 0. The molecule has 15 heavy (non-hydrogen) atoms. The van der Waals surface area contributed by atoms with Crippen LogP contribution >= 0.6 is 0 Å². The standard InChI is InChI=1S/C12H18N2O/c1-4-14(10(2)3)12-7-5-11(6-8-12)13-9-15/h5-10H,4H2,1-3H3,(H,13,15). The van der Waals surface area contributed by atoms with Crippen LogP contribution in [0.5, 0.6) is 0 Å². The number of amides is 1. The molecule has 1 aromatic rings. The predicted octanol–water partition coefficient (Wildman–Crippen LogP) is 2.49. The second-order valence-corrected chi connectivity index (χ2v) is 3.69. The number of nitrogens with one attached hydrogen (secondary N) is 1. The molecule has 0 aromatic heterocycles. The normalized spacial score (nSPS) is 10.1. The van der Waals surface area contributed by atoms with Crippen molar-refractivity contribution in [2.75, 3.05) is 16.8 Å². The Balaban J connectivity index is 2.81. The maximum Gasteiger partial charge on any atom is 0.211 e. The fourth-order valence-corrected chi connectivity index (χ4v) is 1.66. The first-order chi connectivity index (χ1) is 7.19. The minimum atomic E-state index is 0.486. The number of benzene rings is 1. The number of hydrogen-bond acceptors (Lipinski definition) is 2. The van der Waals surface area contributed by atoms with Crippen molar-refractivity contribution in [3.8, 4) is 0 Å². The highest BCUT2D eigenvalue weighted by molar-refractivity contribution is 5.72. The third-order valence-corrected chi connectivity index (χ3v) is 2.39. The zero-order valence-electron chi connectivity index (χ0n) is 9.53. The zero-order chi connectivity index (χ0) is 11.3. The van der Waals surface area contributed by atoms with Crippen molar-refractivity contribution in [1.82, 2.24) is 0 Å². The summed E-state index contributed by atoms with van der Waals surface area (Å²) in [5.74, 6) is 0. The molecule has 0 bridgehead atoms. The van der Waals surface area contributed by atoms with E-state index in [-0.39, 0.29) is 0 Å². The van der Waals surface area contributed by atoms with Crippen LogP contribution in [0.1, 0.15) is 20.8 Å². The van der Waals surface area contributed by atoms with Gasteiger partial charge in [-0.05, 0) is 45.0 Å². The van der Waals surface area contributed by atoms with Crippen molar-refractivity contribution < 1.29 is 4.79 Å². The van der Waals surface area contributed by atoms with Gasteiger partial charge in [0.1, 0.15) is 0 Å². The molecule has 1 N–H and O–H groups in total. The van der Waals surface area contributed by atoms with E-state index >= 15 is 0 Å². The highest BCUT2D eigenvalue weighted by Crippen LogP contribution is 2.19. The fourth-order valence-electron chi connectivity index (χ4n) is 1.66. The van der Waals surface area contributed by atoms with Crippen LogP contribution in [0.4, 0.5) is 11.4 Å². The molecule has 1 aromatic carbocycles. The van der Waals surface area contributed by atoms with Crippen molar-refractivity contribution in [2.24, 2.45) is 0 Å². The molecule has 1 rings (SSSR count). The molecule has 0 aliphatic heterocycles. The second-order valence-electron chi connectivity index (χ2n) is 3.69. The first kappa shape index (κ1) is 11.6. The molecule has 0 aliphatic rings. The van der Waals surface area contributed by atoms with Crippen LogP contribution in [0.2, 0.25) is 0 Å². The topological polar surface area (TPSA) is 32.3 Å². The van der Waals surface area contributed by atoms with Gasteiger partial charge in [0.2, 0.25) is 6.41 Å². The Bertz CT molecular complexity index is 306. The Hall–Kier alpha value is -1.51. The molecule has 82 valence electrons. The first-order valence-electron chi connectivity index (χ1n) is 5.26. The summed E-state index contributed by atoms with van der Waals surface area (Å²) < 4.78 is 0. The van der Waals surface area contributed by atoms with Crippen molar-refractivity contribution in [1.29, 1.82) is 0 Å². The molecule has 1 amide bonds. The van der Waals surface area contributed by atoms with Crippen LogP contribution in [-0.4, -0.2) is 19.0 Å². The van der Waals surface area contributed by atoms with E-state index in [1.807, 2.05) is 24.3 Å². The van der Waals surface area contributed by atoms with Gasteiger partial charge >= 0.3 is 0 Å². The van der Waals surface area contributed by atoms with Gasteiger partial charge in [-0.25, -0.2) is 0 Å². The average molecular weight is 206 g/mol. The van der Waals surface area contributed by atoms with Crippen LogP contribution in [0.3, 0.4) is 0 Å². The fraction of sp³-hybridized carbons (Fsp3) is 0.417. The summed E-state index contributed by atoms with van der Waals surface area (Å²) in [5, 5.41) is 2.62. The third-order valence-electron chi connectivity index (χ3n) is 2.39. The van der Waals surface area contributed by atoms with Gasteiger partial charge in [0.05, 0.1) is 0 Å². The zero-order valence-corrected chi connectivity index (χ0v) is 9.53. The first-order valence-corrected chi connectivity index (χ1v) is 5.26. The molecule has 0 saturated heterocycles. The summed E-state index contributed by atoms with van der Waals surface area (Å²) in [6, 6.07) is 8.36. The Kier molecular flexibility index (Phi) is 4.16. The number of carbonyl (C=O) groups excluding carboxylic acids is 1. The van der Waals surface area contributed by atoms with Gasteiger partial charge in [0, 0.05) is 24.0 Å². The van der Waals surface area contributed by atoms with Gasteiger partial charge in [0.25, 0.3) is 0 Å². The lowest BCUT2D eigenvalue weighted by Crippen LogP contribution is -2.30. The smallest absolute Gasteiger partial charge is 0.211 e. The molecule has 0 unspecified atom stereocenters. The second kappa shape index (κ2) is 5.39. The highest BCUT2D eigenvalue weighted by Gasteiger charge is 2.07. The minimum absolute atomic E-state index is 0.486. The van der Waals surface area contributed by atoms with E-state index in [4.69, 9.17) is 0 Å². The van der Waals surface area contributed by atoms with Gasteiger partial charge in [0.15, 0.2) is 0 Å². The largest absolute Gasteiger partial charge is 0.369 e. The van der Waals surface area contributed by atoms with Gasteiger partial charge in [-0.3, -0.25) is 4.79 Å². The summed E-state index contributed by atoms with van der Waals surface area (Å²) in [4.78, 5) is 12.5. The molecule has 3 nitrogen and oxygen atoms in total. The lowest BCUT2D eigenvalue weighted by atomic mass is 10.2. The van der Waals surface area contributed by atoms with E-state index in [0.717, 1.165) is 12.2 Å². The van der Waals surface area contributed by atoms with Gasteiger partial charge in [-0.1, -0.05) is 0 Å². The summed E-state index contributed by atoms with van der Waals surface area (Å²) in [6.45, 7) is 7.46.